The second kappa shape index (κ2) is 4.54. The summed E-state index contributed by atoms with van der Waals surface area (Å²) >= 11 is 0. The molecule has 4 aromatic carbocycles. The van der Waals surface area contributed by atoms with E-state index < -0.39 is 9.84 Å². The molecule has 0 unspecified atom stereocenters. The molecular weight excluding hydrogens is 342 g/mol. The molecule has 1 aliphatic rings. The lowest BCUT2D eigenvalue weighted by Crippen LogP contribution is -1.95. The van der Waals surface area contributed by atoms with Gasteiger partial charge in [-0.25, -0.2) is 8.42 Å². The van der Waals surface area contributed by atoms with Gasteiger partial charge in [-0.2, -0.15) is 0 Å². The van der Waals surface area contributed by atoms with Crippen molar-refractivity contribution in [1.29, 1.82) is 0 Å². The maximum atomic E-state index is 13.0. The fourth-order valence-electron chi connectivity index (χ4n) is 4.18. The van der Waals surface area contributed by atoms with Gasteiger partial charge in [0.2, 0.25) is 9.84 Å². The first-order valence-electron chi connectivity index (χ1n) is 8.46. The Balaban J connectivity index is 1.88. The molecule has 0 spiro atoms. The highest BCUT2D eigenvalue weighted by Gasteiger charge is 2.34. The number of fused-ring (bicyclic) bond motifs is 8. The van der Waals surface area contributed by atoms with Crippen LogP contribution in [0.4, 0.5) is 0 Å². The van der Waals surface area contributed by atoms with Gasteiger partial charge in [-0.15, -0.1) is 0 Å². The second-order valence-corrected chi connectivity index (χ2v) is 8.62. The van der Waals surface area contributed by atoms with Gasteiger partial charge in [-0.05, 0) is 41.1 Å². The zero-order chi connectivity index (χ0) is 17.5. The minimum atomic E-state index is -3.46. The van der Waals surface area contributed by atoms with E-state index in [-0.39, 0.29) is 0 Å². The van der Waals surface area contributed by atoms with Gasteiger partial charge in [0.05, 0.1) is 9.79 Å². The van der Waals surface area contributed by atoms with Crippen molar-refractivity contribution in [2.45, 2.75) is 9.79 Å². The Morgan fingerprint density at radius 3 is 2.27 bits per heavy atom. The van der Waals surface area contributed by atoms with Gasteiger partial charge in [0.25, 0.3) is 0 Å². The summed E-state index contributed by atoms with van der Waals surface area (Å²) in [6.45, 7) is 0. The summed E-state index contributed by atoms with van der Waals surface area (Å²) in [4.78, 5) is 4.27. The first-order valence-corrected chi connectivity index (χ1v) is 9.94. The lowest BCUT2D eigenvalue weighted by atomic mass is 9.98. The highest BCUT2D eigenvalue weighted by atomic mass is 32.2. The first-order chi connectivity index (χ1) is 12.6. The molecule has 1 aromatic heterocycles. The molecule has 26 heavy (non-hydrogen) atoms. The van der Waals surface area contributed by atoms with Gasteiger partial charge >= 0.3 is 0 Å². The summed E-state index contributed by atoms with van der Waals surface area (Å²) in [5.74, 6) is 0. The molecule has 0 saturated heterocycles. The van der Waals surface area contributed by atoms with Crippen LogP contribution in [-0.4, -0.2) is 13.4 Å². The molecule has 5 aromatic rings. The van der Waals surface area contributed by atoms with Crippen LogP contribution in [0.2, 0.25) is 0 Å². The Hall–Kier alpha value is -3.11. The third-order valence-corrected chi connectivity index (χ3v) is 7.18. The Kier molecular flexibility index (Phi) is 2.46. The Bertz CT molecular complexity index is 1490. The highest BCUT2D eigenvalue weighted by Crippen LogP contribution is 2.48. The van der Waals surface area contributed by atoms with E-state index in [0.717, 1.165) is 43.7 Å². The number of H-pyrrole nitrogens is 1. The fraction of sp³-hybridized carbons (Fsp3) is 0. The van der Waals surface area contributed by atoms with E-state index in [1.54, 1.807) is 18.2 Å². The zero-order valence-electron chi connectivity index (χ0n) is 13.7. The van der Waals surface area contributed by atoms with E-state index in [9.17, 15) is 8.42 Å². The maximum Gasteiger partial charge on any atom is 0.207 e. The van der Waals surface area contributed by atoms with Crippen LogP contribution in [0, 0.1) is 0 Å². The Morgan fingerprint density at radius 2 is 1.42 bits per heavy atom. The number of nitrogens with one attached hydrogen (secondary N) is 1. The van der Waals surface area contributed by atoms with Gasteiger partial charge in [-0.1, -0.05) is 42.5 Å². The summed E-state index contributed by atoms with van der Waals surface area (Å²) in [6.07, 6.45) is 0. The van der Waals surface area contributed by atoms with Crippen LogP contribution in [0.5, 0.6) is 0 Å². The third-order valence-electron chi connectivity index (χ3n) is 5.33. The molecule has 0 atom stereocenters. The molecule has 0 aliphatic carbocycles. The van der Waals surface area contributed by atoms with Crippen LogP contribution >= 0.6 is 0 Å². The molecule has 2 heterocycles. The molecule has 124 valence electrons. The molecule has 1 aliphatic heterocycles. The summed E-state index contributed by atoms with van der Waals surface area (Å²) < 4.78 is 26.0. The molecule has 0 fully saturated rings. The Labute approximate surface area is 149 Å². The van der Waals surface area contributed by atoms with Gasteiger partial charge in [-0.3, -0.25) is 0 Å². The van der Waals surface area contributed by atoms with Crippen molar-refractivity contribution in [3.05, 3.63) is 72.8 Å². The van der Waals surface area contributed by atoms with E-state index in [2.05, 4.69) is 29.2 Å². The van der Waals surface area contributed by atoms with E-state index in [0.29, 0.717) is 9.79 Å². The van der Waals surface area contributed by atoms with Crippen LogP contribution in [-0.2, 0) is 9.84 Å². The normalized spacial score (nSPS) is 14.8. The Morgan fingerprint density at radius 1 is 0.692 bits per heavy atom. The number of benzene rings is 4. The summed E-state index contributed by atoms with van der Waals surface area (Å²) in [7, 11) is -3.46. The molecule has 3 nitrogen and oxygen atoms in total. The number of hydrogen-bond donors (Lipinski definition) is 1. The summed E-state index contributed by atoms with van der Waals surface area (Å²) in [5, 5.41) is 4.35. The molecule has 0 saturated carbocycles. The minimum Gasteiger partial charge on any atom is -0.354 e. The van der Waals surface area contributed by atoms with Gasteiger partial charge in [0.1, 0.15) is 0 Å². The molecule has 0 radical (unpaired) electrons. The third kappa shape index (κ3) is 1.60. The van der Waals surface area contributed by atoms with Crippen molar-refractivity contribution in [3.8, 4) is 11.1 Å². The summed E-state index contributed by atoms with van der Waals surface area (Å²) in [5.41, 5.74) is 3.59. The number of hydrogen-bond acceptors (Lipinski definition) is 2. The topological polar surface area (TPSA) is 49.9 Å². The quantitative estimate of drug-likeness (QED) is 0.403. The lowest BCUT2D eigenvalue weighted by molar-refractivity contribution is 0.599. The van der Waals surface area contributed by atoms with Crippen LogP contribution in [0.3, 0.4) is 0 Å². The van der Waals surface area contributed by atoms with Crippen LogP contribution in [0.1, 0.15) is 0 Å². The minimum absolute atomic E-state index is 0.401. The van der Waals surface area contributed by atoms with Crippen molar-refractivity contribution in [1.82, 2.24) is 4.98 Å². The second-order valence-electron chi connectivity index (χ2n) is 6.73. The largest absolute Gasteiger partial charge is 0.354 e. The van der Waals surface area contributed by atoms with E-state index in [1.165, 1.54) is 0 Å². The number of sulfone groups is 1. The zero-order valence-corrected chi connectivity index (χ0v) is 14.5. The summed E-state index contributed by atoms with van der Waals surface area (Å²) in [6, 6.07) is 23.4. The lowest BCUT2D eigenvalue weighted by Gasteiger charge is -2.03. The van der Waals surface area contributed by atoms with Crippen molar-refractivity contribution in [2.24, 2.45) is 0 Å². The molecular formula is C22H13NO2S. The van der Waals surface area contributed by atoms with Gasteiger partial charge in [0.15, 0.2) is 0 Å². The van der Waals surface area contributed by atoms with Crippen LogP contribution in [0.15, 0.2) is 82.6 Å². The first kappa shape index (κ1) is 14.1. The van der Waals surface area contributed by atoms with Gasteiger partial charge < -0.3 is 4.98 Å². The maximum absolute atomic E-state index is 13.0. The van der Waals surface area contributed by atoms with Crippen LogP contribution in [0.25, 0.3) is 43.7 Å². The van der Waals surface area contributed by atoms with Crippen molar-refractivity contribution in [2.75, 3.05) is 0 Å². The smallest absolute Gasteiger partial charge is 0.207 e. The van der Waals surface area contributed by atoms with E-state index in [4.69, 9.17) is 0 Å². The number of aromatic nitrogens is 1. The van der Waals surface area contributed by atoms with Gasteiger partial charge in [0, 0.05) is 32.9 Å². The SMILES string of the molecule is O=S1(=O)c2ccccc2-c2c1ccc1[nH]c3cc4ccccc4cc3c21. The monoisotopic (exact) mass is 355 g/mol. The number of aromatic amines is 1. The van der Waals surface area contributed by atoms with Crippen molar-refractivity contribution < 1.29 is 8.42 Å². The molecule has 4 heteroatoms. The van der Waals surface area contributed by atoms with Crippen molar-refractivity contribution >= 4 is 42.4 Å². The van der Waals surface area contributed by atoms with Crippen molar-refractivity contribution in [3.63, 3.8) is 0 Å². The van der Waals surface area contributed by atoms with Crippen LogP contribution < -0.4 is 0 Å². The molecule has 0 amide bonds. The predicted octanol–water partition coefficient (Wildman–Crippen LogP) is 5.29. The highest BCUT2D eigenvalue weighted by molar-refractivity contribution is 7.92. The fourth-order valence-corrected chi connectivity index (χ4v) is 5.86. The average Bonchev–Trinajstić information content (AvgIpc) is 3.13. The molecule has 1 N–H and O–H groups in total. The molecule has 6 rings (SSSR count). The average molecular weight is 355 g/mol. The number of rotatable bonds is 0. The standard InChI is InChI=1S/C22H13NO2S/c24-26(25)19-8-4-3-7-15(19)22-20(26)10-9-17-21(22)16-11-13-5-1-2-6-14(13)12-18(16)23-17/h1-12,23H. The van der Waals surface area contributed by atoms with E-state index >= 15 is 0 Å². The molecule has 0 bridgehead atoms. The van der Waals surface area contributed by atoms with E-state index in [1.807, 2.05) is 30.3 Å². The predicted molar refractivity (Wildman–Crippen MR) is 104 cm³/mol.